The third-order valence-electron chi connectivity index (χ3n) is 3.77. The zero-order valence-electron chi connectivity index (χ0n) is 20.6. The Kier molecular flexibility index (Phi) is 52.8. The Hall–Kier alpha value is -2.31. The molecule has 250 valence electrons. The average Bonchev–Trinajstić information content (AvgIpc) is 2.71. The molecule has 3 atom stereocenters. The second-order valence-corrected chi connectivity index (χ2v) is 7.27. The van der Waals surface area contributed by atoms with Gasteiger partial charge in [-0.3, -0.25) is 0 Å². The Morgan fingerprint density at radius 2 is 0.775 bits per heavy atom. The smallest absolute Gasteiger partial charge is 0.407 e. The van der Waals surface area contributed by atoms with Crippen LogP contribution in [0.25, 0.3) is 0 Å². The van der Waals surface area contributed by atoms with Crippen molar-refractivity contribution in [2.75, 3.05) is 52.7 Å². The molecule has 0 rings (SSSR count). The van der Waals surface area contributed by atoms with E-state index in [4.69, 9.17) is 28.4 Å². The van der Waals surface area contributed by atoms with Crippen molar-refractivity contribution >= 4 is 18.3 Å². The van der Waals surface area contributed by atoms with Gasteiger partial charge >= 0.3 is 18.3 Å². The molecule has 0 fully saturated rings. The average molecular weight is 592 g/mol. The highest BCUT2D eigenvalue weighted by Crippen LogP contribution is 2.03. The van der Waals surface area contributed by atoms with Gasteiger partial charge in [-0.1, -0.05) is 52.0 Å². The molecule has 0 heterocycles. The van der Waals surface area contributed by atoms with Crippen LogP contribution in [0.1, 0.15) is 93.5 Å². The van der Waals surface area contributed by atoms with Gasteiger partial charge in [0, 0.05) is 19.6 Å². The zero-order valence-corrected chi connectivity index (χ0v) is 20.6. The Bertz CT molecular complexity index is 523. The monoisotopic (exact) mass is 592 g/mol. The first-order valence-electron chi connectivity index (χ1n) is 11.3. The third-order valence-corrected chi connectivity index (χ3v) is 3.77. The second-order valence-electron chi connectivity index (χ2n) is 7.27. The van der Waals surface area contributed by atoms with Gasteiger partial charge in [0.25, 0.3) is 0 Å². The van der Waals surface area contributed by atoms with Gasteiger partial charge in [-0.25, -0.2) is 14.4 Å². The Balaban J connectivity index is -0.000000244. The van der Waals surface area contributed by atoms with Crippen molar-refractivity contribution < 1.29 is 42.8 Å². The summed E-state index contributed by atoms with van der Waals surface area (Å²) in [5, 5.41) is 7.64. The quantitative estimate of drug-likeness (QED) is 0.167. The van der Waals surface area contributed by atoms with E-state index in [-0.39, 0.29) is 85.0 Å². The largest absolute Gasteiger partial charge is 0.444 e. The Labute approximate surface area is 247 Å². The molecular weight excluding hydrogens is 522 g/mol. The first kappa shape index (κ1) is 57.6. The van der Waals surface area contributed by atoms with Crippen molar-refractivity contribution in [1.29, 1.82) is 0 Å². The molecule has 12 heteroatoms. The minimum atomic E-state index is -0.523. The number of alkyl carbamates (subject to hydrolysis) is 3. The van der Waals surface area contributed by atoms with E-state index in [1.165, 1.54) is 0 Å². The first-order valence-corrected chi connectivity index (χ1v) is 11.3. The van der Waals surface area contributed by atoms with Crippen LogP contribution in [0.2, 0.25) is 0 Å². The molecule has 0 aromatic heterocycles. The molecule has 0 saturated carbocycles. The maximum absolute atomic E-state index is 11.5. The summed E-state index contributed by atoms with van der Waals surface area (Å²) in [7, 11) is 0. The van der Waals surface area contributed by atoms with Crippen LogP contribution in [0, 0.1) is 0 Å². The molecule has 3 amide bonds. The number of nitrogens with one attached hydrogen (secondary N) is 3. The molecule has 12 nitrogen and oxygen atoms in total. The van der Waals surface area contributed by atoms with E-state index in [2.05, 4.69) is 16.0 Å². The minimum Gasteiger partial charge on any atom is -0.444 e. The number of ether oxygens (including phenoxy) is 6. The Morgan fingerprint density at radius 1 is 0.500 bits per heavy atom. The van der Waals surface area contributed by atoms with Gasteiger partial charge in [0.2, 0.25) is 0 Å². The molecule has 0 aliphatic rings. The van der Waals surface area contributed by atoms with Crippen LogP contribution >= 0.6 is 0 Å². The second kappa shape index (κ2) is 36.7. The van der Waals surface area contributed by atoms with E-state index in [9.17, 15) is 14.4 Å². The van der Waals surface area contributed by atoms with Gasteiger partial charge < -0.3 is 44.4 Å². The summed E-state index contributed by atoms with van der Waals surface area (Å²) in [4.78, 5) is 34.5. The lowest BCUT2D eigenvalue weighted by molar-refractivity contribution is -0.0943. The van der Waals surface area contributed by atoms with E-state index in [1.54, 1.807) is 41.5 Å². The summed E-state index contributed by atoms with van der Waals surface area (Å²) in [6.45, 7) is 12.7. The summed E-state index contributed by atoms with van der Waals surface area (Å²) in [6.07, 6.45) is -3.43. The summed E-state index contributed by atoms with van der Waals surface area (Å²) < 4.78 is 32.5. The maximum atomic E-state index is 11.5. The van der Waals surface area contributed by atoms with Crippen molar-refractivity contribution in [3.63, 3.8) is 0 Å². The van der Waals surface area contributed by atoms with Crippen LogP contribution in [0.4, 0.5) is 14.4 Å². The standard InChI is InChI=1S/C21H41N3O9.7CH4/c1-7-22-19(25)31-15(4)10-28-13-18(30-12-17(6)33-21(27)24-9-3)14-29-11-16(5)32-20(26)23-8-2;;;;;;;/h15-18H,7-14H2,1-6H3,(H,22,25)(H,23,26)(H,24,27);7*1H4. The highest BCUT2D eigenvalue weighted by atomic mass is 16.6. The fourth-order valence-corrected chi connectivity index (χ4v) is 2.36. The fourth-order valence-electron chi connectivity index (χ4n) is 2.36. The lowest BCUT2D eigenvalue weighted by Crippen LogP contribution is -2.35. The summed E-state index contributed by atoms with van der Waals surface area (Å²) >= 11 is 0. The van der Waals surface area contributed by atoms with Gasteiger partial charge in [0.05, 0.1) is 33.0 Å². The molecule has 40 heavy (non-hydrogen) atoms. The third kappa shape index (κ3) is 33.7. The minimum absolute atomic E-state index is 0. The highest BCUT2D eigenvalue weighted by molar-refractivity contribution is 5.67. The predicted molar refractivity (Wildman–Crippen MR) is 167 cm³/mol. The van der Waals surface area contributed by atoms with Crippen molar-refractivity contribution in [2.45, 2.75) is 118 Å². The molecule has 0 aromatic carbocycles. The summed E-state index contributed by atoms with van der Waals surface area (Å²) in [5.41, 5.74) is 0. The van der Waals surface area contributed by atoms with Crippen LogP contribution in [0.15, 0.2) is 0 Å². The van der Waals surface area contributed by atoms with Crippen molar-refractivity contribution in [2.24, 2.45) is 0 Å². The SMILES string of the molecule is C.C.C.C.C.C.C.CCNC(=O)OC(C)COCC(COCC(C)OC(=O)NCC)OCC(C)OC(=O)NCC. The van der Waals surface area contributed by atoms with Crippen LogP contribution in [0.3, 0.4) is 0 Å². The van der Waals surface area contributed by atoms with Crippen molar-refractivity contribution in [1.82, 2.24) is 16.0 Å². The van der Waals surface area contributed by atoms with Crippen LogP contribution in [0.5, 0.6) is 0 Å². The fraction of sp³-hybridized carbons (Fsp3) is 0.893. The summed E-state index contributed by atoms with van der Waals surface area (Å²) in [6, 6.07) is 0. The van der Waals surface area contributed by atoms with Gasteiger partial charge in [-0.15, -0.1) is 0 Å². The molecule has 0 bridgehead atoms. The number of rotatable bonds is 17. The first-order chi connectivity index (χ1) is 15.7. The van der Waals surface area contributed by atoms with Gasteiger partial charge in [0.15, 0.2) is 0 Å². The molecule has 0 spiro atoms. The van der Waals surface area contributed by atoms with Gasteiger partial charge in [-0.2, -0.15) is 0 Å². The van der Waals surface area contributed by atoms with Crippen LogP contribution < -0.4 is 16.0 Å². The number of carbonyl (C=O) groups is 3. The van der Waals surface area contributed by atoms with E-state index >= 15 is 0 Å². The topological polar surface area (TPSA) is 143 Å². The Morgan fingerprint density at radius 3 is 1.05 bits per heavy atom. The molecule has 3 unspecified atom stereocenters. The molecule has 0 aliphatic heterocycles. The molecular formula is C28H69N3O9. The van der Waals surface area contributed by atoms with Crippen molar-refractivity contribution in [3.8, 4) is 0 Å². The maximum Gasteiger partial charge on any atom is 0.407 e. The number of hydrogen-bond acceptors (Lipinski definition) is 9. The van der Waals surface area contributed by atoms with E-state index < -0.39 is 42.7 Å². The van der Waals surface area contributed by atoms with Gasteiger partial charge in [0.1, 0.15) is 24.4 Å². The lowest BCUT2D eigenvalue weighted by atomic mass is 10.3. The predicted octanol–water partition coefficient (Wildman–Crippen LogP) is 6.26. The van der Waals surface area contributed by atoms with E-state index in [0.717, 1.165) is 0 Å². The van der Waals surface area contributed by atoms with E-state index in [1.807, 2.05) is 0 Å². The number of hydrogen-bond donors (Lipinski definition) is 3. The van der Waals surface area contributed by atoms with Crippen molar-refractivity contribution in [3.05, 3.63) is 0 Å². The molecule has 0 aliphatic carbocycles. The summed E-state index contributed by atoms with van der Waals surface area (Å²) in [5.74, 6) is 0. The lowest BCUT2D eigenvalue weighted by Gasteiger charge is -2.22. The van der Waals surface area contributed by atoms with E-state index in [0.29, 0.717) is 19.6 Å². The highest BCUT2D eigenvalue weighted by Gasteiger charge is 2.17. The molecule has 0 aromatic rings. The van der Waals surface area contributed by atoms with Crippen LogP contribution in [-0.4, -0.2) is 95.4 Å². The molecule has 3 N–H and O–H groups in total. The zero-order chi connectivity index (χ0) is 25.1. The number of amides is 3. The van der Waals surface area contributed by atoms with Gasteiger partial charge in [-0.05, 0) is 41.5 Å². The molecule has 0 saturated heterocycles. The molecule has 0 radical (unpaired) electrons. The normalized spacial score (nSPS) is 11.8. The van der Waals surface area contributed by atoms with Crippen LogP contribution in [-0.2, 0) is 28.4 Å². The number of carbonyl (C=O) groups excluding carboxylic acids is 3.